The summed E-state index contributed by atoms with van der Waals surface area (Å²) in [4.78, 5) is 12.0. The van der Waals surface area contributed by atoms with Crippen molar-refractivity contribution in [2.75, 3.05) is 6.54 Å². The second kappa shape index (κ2) is 8.34. The first-order chi connectivity index (χ1) is 11.1. The van der Waals surface area contributed by atoms with Gasteiger partial charge in [-0.05, 0) is 31.0 Å². The van der Waals surface area contributed by atoms with E-state index in [0.717, 1.165) is 16.9 Å². The number of carbonyl (C=O) groups is 1. The monoisotopic (exact) mass is 312 g/mol. The number of amides is 1. The number of rotatable bonds is 7. The van der Waals surface area contributed by atoms with Crippen LogP contribution in [0.1, 0.15) is 30.5 Å². The van der Waals surface area contributed by atoms with E-state index in [1.54, 1.807) is 0 Å². The summed E-state index contributed by atoms with van der Waals surface area (Å²) in [7, 11) is 0. The van der Waals surface area contributed by atoms with E-state index in [1.165, 1.54) is 0 Å². The first kappa shape index (κ1) is 17.0. The van der Waals surface area contributed by atoms with Crippen LogP contribution in [0.5, 0.6) is 5.75 Å². The van der Waals surface area contributed by atoms with Gasteiger partial charge in [-0.15, -0.1) is 0 Å². The van der Waals surface area contributed by atoms with E-state index in [1.807, 2.05) is 68.4 Å². The lowest BCUT2D eigenvalue weighted by Crippen LogP contribution is -2.35. The molecule has 1 amide bonds. The molecule has 2 unspecified atom stereocenters. The minimum absolute atomic E-state index is 0.0680. The highest BCUT2D eigenvalue weighted by atomic mass is 16.5. The first-order valence-electron chi connectivity index (χ1n) is 7.85. The Hall–Kier alpha value is -2.33. The van der Waals surface area contributed by atoms with Gasteiger partial charge < -0.3 is 15.8 Å². The van der Waals surface area contributed by atoms with Crippen molar-refractivity contribution in [1.29, 1.82) is 0 Å². The molecule has 0 saturated heterocycles. The molecule has 0 bridgehead atoms. The van der Waals surface area contributed by atoms with Gasteiger partial charge in [-0.2, -0.15) is 0 Å². The van der Waals surface area contributed by atoms with Crippen LogP contribution in [0.25, 0.3) is 0 Å². The second-order valence-electron chi connectivity index (χ2n) is 5.72. The van der Waals surface area contributed by atoms with Gasteiger partial charge >= 0.3 is 0 Å². The number of hydrogen-bond donors (Lipinski definition) is 2. The van der Waals surface area contributed by atoms with Crippen molar-refractivity contribution in [2.45, 2.75) is 32.4 Å². The molecule has 0 radical (unpaired) electrons. The Balaban J connectivity index is 1.77. The number of para-hydroxylation sites is 1. The van der Waals surface area contributed by atoms with E-state index < -0.39 is 0 Å². The highest BCUT2D eigenvalue weighted by molar-refractivity contribution is 5.76. The second-order valence-corrected chi connectivity index (χ2v) is 5.72. The van der Waals surface area contributed by atoms with Crippen LogP contribution in [-0.4, -0.2) is 18.6 Å². The van der Waals surface area contributed by atoms with Crippen molar-refractivity contribution in [3.63, 3.8) is 0 Å². The Bertz CT molecular complexity index is 628. The quantitative estimate of drug-likeness (QED) is 0.826. The van der Waals surface area contributed by atoms with Crippen LogP contribution >= 0.6 is 0 Å². The number of benzene rings is 2. The molecule has 0 heterocycles. The van der Waals surface area contributed by atoms with Crippen LogP contribution in [0.3, 0.4) is 0 Å². The van der Waals surface area contributed by atoms with Gasteiger partial charge in [0.05, 0.1) is 6.54 Å². The SMILES string of the molecule is Cc1ccccc1OC(C)CNC(=O)CC(N)c1ccccc1. The maximum absolute atomic E-state index is 12.0. The molecule has 122 valence electrons. The third-order valence-electron chi connectivity index (χ3n) is 3.64. The molecular formula is C19H24N2O2. The zero-order valence-electron chi connectivity index (χ0n) is 13.7. The molecule has 0 aromatic heterocycles. The zero-order chi connectivity index (χ0) is 16.7. The third-order valence-corrected chi connectivity index (χ3v) is 3.64. The van der Waals surface area contributed by atoms with E-state index in [-0.39, 0.29) is 24.5 Å². The molecule has 2 aromatic carbocycles. The minimum Gasteiger partial charge on any atom is -0.489 e. The highest BCUT2D eigenvalue weighted by Crippen LogP contribution is 2.17. The fourth-order valence-corrected chi connectivity index (χ4v) is 2.29. The number of nitrogens with two attached hydrogens (primary N) is 1. The van der Waals surface area contributed by atoms with Crippen LogP contribution in [0.4, 0.5) is 0 Å². The van der Waals surface area contributed by atoms with Gasteiger partial charge in [0, 0.05) is 12.5 Å². The van der Waals surface area contributed by atoms with Crippen LogP contribution in [0.2, 0.25) is 0 Å². The Morgan fingerprint density at radius 1 is 1.13 bits per heavy atom. The largest absolute Gasteiger partial charge is 0.489 e. The predicted molar refractivity (Wildman–Crippen MR) is 92.3 cm³/mol. The molecular weight excluding hydrogens is 288 g/mol. The molecule has 4 heteroatoms. The molecule has 0 aliphatic rings. The van der Waals surface area contributed by atoms with Crippen molar-refractivity contribution in [3.05, 3.63) is 65.7 Å². The van der Waals surface area contributed by atoms with Gasteiger partial charge in [-0.25, -0.2) is 0 Å². The first-order valence-corrected chi connectivity index (χ1v) is 7.85. The Morgan fingerprint density at radius 3 is 2.48 bits per heavy atom. The standard InChI is InChI=1S/C19H24N2O2/c1-14-8-6-7-11-18(14)23-15(2)13-21-19(22)12-17(20)16-9-4-3-5-10-16/h3-11,15,17H,12-13,20H2,1-2H3,(H,21,22). The summed E-state index contributed by atoms with van der Waals surface area (Å²) in [5.41, 5.74) is 8.10. The fraction of sp³-hybridized carbons (Fsp3) is 0.316. The normalized spacial score (nSPS) is 13.2. The lowest BCUT2D eigenvalue weighted by molar-refractivity contribution is -0.121. The average molecular weight is 312 g/mol. The Morgan fingerprint density at radius 2 is 1.78 bits per heavy atom. The number of hydrogen-bond acceptors (Lipinski definition) is 3. The summed E-state index contributed by atoms with van der Waals surface area (Å²) in [6, 6.07) is 17.2. The number of aryl methyl sites for hydroxylation is 1. The Kier molecular flexibility index (Phi) is 6.18. The Labute approximate surface area is 137 Å². The fourth-order valence-electron chi connectivity index (χ4n) is 2.29. The molecule has 0 fully saturated rings. The van der Waals surface area contributed by atoms with Crippen LogP contribution in [-0.2, 0) is 4.79 Å². The van der Waals surface area contributed by atoms with Crippen molar-refractivity contribution in [3.8, 4) is 5.75 Å². The van der Waals surface area contributed by atoms with Crippen molar-refractivity contribution < 1.29 is 9.53 Å². The summed E-state index contributed by atoms with van der Waals surface area (Å²) < 4.78 is 5.84. The van der Waals surface area contributed by atoms with Gasteiger partial charge in [-0.3, -0.25) is 4.79 Å². The predicted octanol–water partition coefficient (Wildman–Crippen LogP) is 2.97. The van der Waals surface area contributed by atoms with E-state index in [9.17, 15) is 4.79 Å². The molecule has 0 saturated carbocycles. The molecule has 2 rings (SSSR count). The number of nitrogens with one attached hydrogen (secondary N) is 1. The molecule has 0 spiro atoms. The molecule has 2 atom stereocenters. The van der Waals surface area contributed by atoms with E-state index >= 15 is 0 Å². The molecule has 0 aliphatic carbocycles. The summed E-state index contributed by atoms with van der Waals surface area (Å²) >= 11 is 0. The highest BCUT2D eigenvalue weighted by Gasteiger charge is 2.13. The average Bonchev–Trinajstić information content (AvgIpc) is 2.56. The molecule has 2 aromatic rings. The lowest BCUT2D eigenvalue weighted by atomic mass is 10.0. The van der Waals surface area contributed by atoms with Gasteiger partial charge in [-0.1, -0.05) is 48.5 Å². The van der Waals surface area contributed by atoms with Crippen LogP contribution in [0.15, 0.2) is 54.6 Å². The van der Waals surface area contributed by atoms with E-state index in [0.29, 0.717) is 6.54 Å². The maximum Gasteiger partial charge on any atom is 0.222 e. The summed E-state index contributed by atoms with van der Waals surface area (Å²) in [5, 5.41) is 2.88. The number of ether oxygens (including phenoxy) is 1. The van der Waals surface area contributed by atoms with Gasteiger partial charge in [0.15, 0.2) is 0 Å². The van der Waals surface area contributed by atoms with Crippen molar-refractivity contribution >= 4 is 5.91 Å². The van der Waals surface area contributed by atoms with Gasteiger partial charge in [0.2, 0.25) is 5.91 Å². The minimum atomic E-state index is -0.288. The summed E-state index contributed by atoms with van der Waals surface area (Å²) in [5.74, 6) is 0.775. The molecule has 0 aliphatic heterocycles. The van der Waals surface area contributed by atoms with Crippen LogP contribution in [0, 0.1) is 6.92 Å². The third kappa shape index (κ3) is 5.42. The lowest BCUT2D eigenvalue weighted by Gasteiger charge is -2.18. The smallest absolute Gasteiger partial charge is 0.222 e. The maximum atomic E-state index is 12.0. The topological polar surface area (TPSA) is 64.3 Å². The van der Waals surface area contributed by atoms with Crippen molar-refractivity contribution in [2.24, 2.45) is 5.73 Å². The summed E-state index contributed by atoms with van der Waals surface area (Å²) in [6.07, 6.45) is 0.161. The van der Waals surface area contributed by atoms with Gasteiger partial charge in [0.1, 0.15) is 11.9 Å². The van der Waals surface area contributed by atoms with Crippen LogP contribution < -0.4 is 15.8 Å². The van der Waals surface area contributed by atoms with E-state index in [2.05, 4.69) is 5.32 Å². The number of carbonyl (C=O) groups excluding carboxylic acids is 1. The molecule has 4 nitrogen and oxygen atoms in total. The van der Waals surface area contributed by atoms with Crippen molar-refractivity contribution in [1.82, 2.24) is 5.32 Å². The van der Waals surface area contributed by atoms with E-state index in [4.69, 9.17) is 10.5 Å². The molecule has 23 heavy (non-hydrogen) atoms. The summed E-state index contributed by atoms with van der Waals surface area (Å²) in [6.45, 7) is 4.39. The molecule has 3 N–H and O–H groups in total. The van der Waals surface area contributed by atoms with Gasteiger partial charge in [0.25, 0.3) is 0 Å². The zero-order valence-corrected chi connectivity index (χ0v) is 13.7.